The maximum absolute atomic E-state index is 13.2. The number of hydrogen-bond acceptors (Lipinski definition) is 6. The molecule has 0 fully saturated rings. The Kier molecular flexibility index (Phi) is 9.36. The van der Waals surface area contributed by atoms with Crippen molar-refractivity contribution >= 4 is 22.1 Å². The lowest BCUT2D eigenvalue weighted by molar-refractivity contribution is -0.259. The van der Waals surface area contributed by atoms with E-state index in [1.807, 2.05) is 0 Å². The fourth-order valence-electron chi connectivity index (χ4n) is 1.65. The van der Waals surface area contributed by atoms with Crippen LogP contribution in [0.25, 0.3) is 0 Å². The Balaban J connectivity index is 4.76. The predicted molar refractivity (Wildman–Crippen MR) is 72.8 cm³/mol. The van der Waals surface area contributed by atoms with E-state index in [2.05, 4.69) is 9.47 Å². The van der Waals surface area contributed by atoms with Gasteiger partial charge in [0.1, 0.15) is 0 Å². The van der Waals surface area contributed by atoms with Gasteiger partial charge in [-0.05, 0) is 12.8 Å². The van der Waals surface area contributed by atoms with Crippen LogP contribution < -0.4 is 0 Å². The Hall–Kier alpha value is -1.85. The third-order valence-corrected chi connectivity index (χ3v) is 3.92. The first kappa shape index (κ1) is 28.1. The number of esters is 2. The van der Waals surface area contributed by atoms with Gasteiger partial charge < -0.3 is 9.47 Å². The van der Waals surface area contributed by atoms with Crippen molar-refractivity contribution in [3.8, 4) is 0 Å². The summed E-state index contributed by atoms with van der Waals surface area (Å²) in [6.07, 6.45) is -27.6. The van der Waals surface area contributed by atoms with Crippen molar-refractivity contribution in [3.63, 3.8) is 0 Å². The van der Waals surface area contributed by atoms with Crippen LogP contribution in [0.3, 0.4) is 0 Å². The quantitative estimate of drug-likeness (QED) is 0.217. The molecule has 7 nitrogen and oxygen atoms in total. The Labute approximate surface area is 161 Å². The van der Waals surface area contributed by atoms with Gasteiger partial charge in [0.05, 0.1) is 0 Å². The fourth-order valence-corrected chi connectivity index (χ4v) is 2.10. The largest absolute Gasteiger partial charge is 0.446 e. The number of hydrogen-bond donors (Lipinski definition) is 1. The van der Waals surface area contributed by atoms with Gasteiger partial charge in [-0.2, -0.15) is 43.5 Å². The van der Waals surface area contributed by atoms with Crippen molar-refractivity contribution in [2.45, 2.75) is 61.9 Å². The molecule has 0 rings (SSSR count). The number of halogens is 10. The van der Waals surface area contributed by atoms with Gasteiger partial charge in [-0.15, -0.1) is 0 Å². The van der Waals surface area contributed by atoms with E-state index in [0.29, 0.717) is 0 Å². The van der Waals surface area contributed by atoms with Crippen molar-refractivity contribution in [3.05, 3.63) is 0 Å². The highest BCUT2D eigenvalue weighted by atomic mass is 32.2. The summed E-state index contributed by atoms with van der Waals surface area (Å²) in [5, 5.41) is -5.95. The van der Waals surface area contributed by atoms with Crippen LogP contribution in [0.5, 0.6) is 0 Å². The van der Waals surface area contributed by atoms with Crippen molar-refractivity contribution in [1.29, 1.82) is 0 Å². The van der Waals surface area contributed by atoms with Gasteiger partial charge in [-0.1, -0.05) is 0 Å². The fraction of sp³-hybridized carbons (Fsp3) is 0.833. The minimum Gasteiger partial charge on any atom is -0.446 e. The average Bonchev–Trinajstić information content (AvgIpc) is 2.50. The van der Waals surface area contributed by atoms with Crippen LogP contribution in [0.15, 0.2) is 0 Å². The Morgan fingerprint density at radius 1 is 0.800 bits per heavy atom. The highest BCUT2D eigenvalue weighted by Gasteiger charge is 2.66. The lowest BCUT2D eigenvalue weighted by Crippen LogP contribution is -2.52. The van der Waals surface area contributed by atoms with Crippen LogP contribution in [0, 0.1) is 0 Å². The van der Waals surface area contributed by atoms with E-state index >= 15 is 0 Å². The molecule has 1 N–H and O–H groups in total. The maximum atomic E-state index is 13.2. The van der Waals surface area contributed by atoms with Gasteiger partial charge >= 0.3 is 39.7 Å². The molecular formula is C12H12F10O7S. The second kappa shape index (κ2) is 9.97. The minimum absolute atomic E-state index is 0.618. The summed E-state index contributed by atoms with van der Waals surface area (Å²) in [6, 6.07) is 0. The first-order chi connectivity index (χ1) is 13.2. The Morgan fingerprint density at radius 3 is 1.50 bits per heavy atom. The zero-order chi connectivity index (χ0) is 24.1. The van der Waals surface area contributed by atoms with Gasteiger partial charge in [0.15, 0.2) is 0 Å². The zero-order valence-corrected chi connectivity index (χ0v) is 15.0. The first-order valence-electron chi connectivity index (χ1n) is 7.36. The molecule has 0 spiro atoms. The summed E-state index contributed by atoms with van der Waals surface area (Å²) in [4.78, 5) is 22.3. The normalized spacial score (nSPS) is 15.6. The van der Waals surface area contributed by atoms with Crippen LogP contribution in [0.2, 0.25) is 0 Å². The molecule has 0 aromatic carbocycles. The van der Waals surface area contributed by atoms with Gasteiger partial charge in [0, 0.05) is 12.8 Å². The molecule has 178 valence electrons. The molecule has 0 bridgehead atoms. The molecule has 0 aliphatic carbocycles. The second-order valence-corrected chi connectivity index (χ2v) is 6.94. The van der Waals surface area contributed by atoms with Crippen molar-refractivity contribution in [2.24, 2.45) is 0 Å². The highest BCUT2D eigenvalue weighted by molar-refractivity contribution is 7.86. The zero-order valence-electron chi connectivity index (χ0n) is 14.1. The molecule has 0 amide bonds. The minimum atomic E-state index is -6.64. The number of rotatable bonds is 10. The molecule has 0 aliphatic rings. The molecule has 0 heterocycles. The summed E-state index contributed by atoms with van der Waals surface area (Å²) < 4.78 is 161. The van der Waals surface area contributed by atoms with Gasteiger partial charge in [-0.3, -0.25) is 14.1 Å². The van der Waals surface area contributed by atoms with E-state index in [-0.39, 0.29) is 0 Å². The van der Waals surface area contributed by atoms with Crippen LogP contribution in [-0.4, -0.2) is 61.1 Å². The molecule has 0 radical (unpaired) electrons. The van der Waals surface area contributed by atoms with Crippen LogP contribution >= 0.6 is 0 Å². The SMILES string of the molecule is O=C(CCCCC(=O)OC(C(F)(F)F)C(F)(F)S(=O)(=O)O)OC(C(F)F)C(F)(F)F. The van der Waals surface area contributed by atoms with Crippen LogP contribution in [0.4, 0.5) is 43.9 Å². The maximum Gasteiger partial charge on any atom is 0.432 e. The lowest BCUT2D eigenvalue weighted by atomic mass is 10.2. The molecule has 18 heteroatoms. The number of carbonyl (C=O) groups is 2. The van der Waals surface area contributed by atoms with E-state index in [0.717, 1.165) is 0 Å². The van der Waals surface area contributed by atoms with Crippen LogP contribution in [-0.2, 0) is 29.2 Å². The van der Waals surface area contributed by atoms with Crippen molar-refractivity contribution in [1.82, 2.24) is 0 Å². The van der Waals surface area contributed by atoms with Gasteiger partial charge in [0.25, 0.3) is 18.6 Å². The van der Waals surface area contributed by atoms with E-state index in [4.69, 9.17) is 4.55 Å². The second-order valence-electron chi connectivity index (χ2n) is 5.44. The topological polar surface area (TPSA) is 107 Å². The molecule has 0 aromatic heterocycles. The molecule has 2 atom stereocenters. The summed E-state index contributed by atoms with van der Waals surface area (Å²) in [6.45, 7) is 0. The smallest absolute Gasteiger partial charge is 0.432 e. The standard InChI is InChI=1S/C12H12F10O7S/c13-8(14)7(10(15,16)17)28-5(23)3-1-2-4-6(24)29-9(11(18,19)20)12(21,22)30(25,26)27/h7-9H,1-4H2,(H,25,26,27). The third kappa shape index (κ3) is 8.49. The molecular weight excluding hydrogens is 478 g/mol. The summed E-state index contributed by atoms with van der Waals surface area (Å²) in [7, 11) is -6.64. The number of ether oxygens (including phenoxy) is 2. The number of unbranched alkanes of at least 4 members (excludes halogenated alkanes) is 1. The van der Waals surface area contributed by atoms with E-state index in [9.17, 15) is 61.9 Å². The van der Waals surface area contributed by atoms with E-state index in [1.54, 1.807) is 0 Å². The number of alkyl halides is 10. The summed E-state index contributed by atoms with van der Waals surface area (Å²) >= 11 is 0. The predicted octanol–water partition coefficient (Wildman–Crippen LogP) is 3.24. The molecule has 0 saturated carbocycles. The Morgan fingerprint density at radius 2 is 1.20 bits per heavy atom. The van der Waals surface area contributed by atoms with Crippen molar-refractivity contribution in [2.75, 3.05) is 0 Å². The van der Waals surface area contributed by atoms with E-state index in [1.165, 1.54) is 0 Å². The van der Waals surface area contributed by atoms with Crippen LogP contribution in [0.1, 0.15) is 25.7 Å². The Bertz CT molecular complexity index is 701. The molecule has 0 saturated heterocycles. The third-order valence-electron chi connectivity index (χ3n) is 3.02. The number of carbonyl (C=O) groups excluding carboxylic acids is 2. The average molecular weight is 490 g/mol. The summed E-state index contributed by atoms with van der Waals surface area (Å²) in [5.74, 6) is -3.85. The highest BCUT2D eigenvalue weighted by Crippen LogP contribution is 2.38. The van der Waals surface area contributed by atoms with Gasteiger partial charge in [0.2, 0.25) is 0 Å². The summed E-state index contributed by atoms with van der Waals surface area (Å²) in [5.41, 5.74) is 0. The first-order valence-corrected chi connectivity index (χ1v) is 8.80. The molecule has 0 aliphatic heterocycles. The molecule has 0 aromatic rings. The lowest BCUT2D eigenvalue weighted by Gasteiger charge is -2.26. The van der Waals surface area contributed by atoms with Gasteiger partial charge in [-0.25, -0.2) is 8.78 Å². The van der Waals surface area contributed by atoms with Crippen molar-refractivity contribution < 1.29 is 75.9 Å². The monoisotopic (exact) mass is 490 g/mol. The molecule has 30 heavy (non-hydrogen) atoms. The molecule has 2 unspecified atom stereocenters. The van der Waals surface area contributed by atoms with E-state index < -0.39 is 84.0 Å².